The van der Waals surface area contributed by atoms with Crippen molar-refractivity contribution in [2.45, 2.75) is 13.0 Å². The number of hydrogen-bond acceptors (Lipinski definition) is 3. The zero-order chi connectivity index (χ0) is 15.4. The molecule has 0 radical (unpaired) electrons. The number of rotatable bonds is 5. The average Bonchev–Trinajstić information content (AvgIpc) is 2.96. The predicted octanol–water partition coefficient (Wildman–Crippen LogP) is 3.46. The van der Waals surface area contributed by atoms with Gasteiger partial charge in [0.2, 0.25) is 0 Å². The van der Waals surface area contributed by atoms with Gasteiger partial charge in [-0.25, -0.2) is 0 Å². The van der Waals surface area contributed by atoms with Gasteiger partial charge in [0.15, 0.2) is 0 Å². The van der Waals surface area contributed by atoms with Crippen LogP contribution in [0, 0.1) is 0 Å². The third-order valence-corrected chi connectivity index (χ3v) is 3.55. The highest BCUT2D eigenvalue weighted by atomic mass is 16.5. The van der Waals surface area contributed by atoms with Crippen LogP contribution in [0.3, 0.4) is 0 Å². The van der Waals surface area contributed by atoms with E-state index < -0.39 is 0 Å². The van der Waals surface area contributed by atoms with E-state index in [9.17, 15) is 4.79 Å². The Morgan fingerprint density at radius 2 is 1.95 bits per heavy atom. The minimum absolute atomic E-state index is 0.245. The maximum atomic E-state index is 11.4. The molecule has 2 aromatic carbocycles. The van der Waals surface area contributed by atoms with Crippen LogP contribution in [-0.4, -0.2) is 18.1 Å². The molecule has 0 saturated heterocycles. The summed E-state index contributed by atoms with van der Waals surface area (Å²) in [7, 11) is 1.40. The van der Waals surface area contributed by atoms with Gasteiger partial charge >= 0.3 is 5.97 Å². The van der Waals surface area contributed by atoms with Crippen molar-refractivity contribution < 1.29 is 14.3 Å². The molecule has 3 rings (SSSR count). The lowest BCUT2D eigenvalue weighted by Gasteiger charge is -2.06. The summed E-state index contributed by atoms with van der Waals surface area (Å²) in [6.45, 7) is 0.530. The fourth-order valence-electron chi connectivity index (χ4n) is 2.37. The summed E-state index contributed by atoms with van der Waals surface area (Å²) < 4.78 is 10.5. The number of carbonyl (C=O) groups is 1. The van der Waals surface area contributed by atoms with Crippen LogP contribution in [0.15, 0.2) is 54.7 Å². The zero-order valence-electron chi connectivity index (χ0n) is 12.3. The predicted molar refractivity (Wildman–Crippen MR) is 84.8 cm³/mol. The Bertz CT molecular complexity index is 777. The number of benzene rings is 2. The normalized spacial score (nSPS) is 10.6. The van der Waals surface area contributed by atoms with Gasteiger partial charge in [0.05, 0.1) is 13.5 Å². The van der Waals surface area contributed by atoms with Gasteiger partial charge in [-0.05, 0) is 23.3 Å². The second-order valence-electron chi connectivity index (χ2n) is 5.05. The van der Waals surface area contributed by atoms with Crippen LogP contribution in [0.5, 0.6) is 5.75 Å². The van der Waals surface area contributed by atoms with Crippen LogP contribution >= 0.6 is 0 Å². The highest BCUT2D eigenvalue weighted by Crippen LogP contribution is 2.24. The molecule has 0 aliphatic carbocycles. The number of fused-ring (bicyclic) bond motifs is 1. The Balaban J connectivity index is 1.75. The van der Waals surface area contributed by atoms with Crippen molar-refractivity contribution in [3.8, 4) is 5.75 Å². The zero-order valence-corrected chi connectivity index (χ0v) is 12.3. The second-order valence-corrected chi connectivity index (χ2v) is 5.05. The van der Waals surface area contributed by atoms with Crippen LogP contribution in [0.25, 0.3) is 10.9 Å². The molecule has 0 saturated carbocycles. The maximum absolute atomic E-state index is 11.4. The number of H-pyrrole nitrogens is 1. The van der Waals surface area contributed by atoms with E-state index in [1.807, 2.05) is 54.7 Å². The molecule has 0 fully saturated rings. The molecule has 0 atom stereocenters. The minimum atomic E-state index is -0.245. The Morgan fingerprint density at radius 1 is 1.14 bits per heavy atom. The second kappa shape index (κ2) is 6.35. The monoisotopic (exact) mass is 295 g/mol. The molecule has 112 valence electrons. The summed E-state index contributed by atoms with van der Waals surface area (Å²) in [5, 5.41) is 1.01. The summed E-state index contributed by atoms with van der Waals surface area (Å²) in [6, 6.07) is 15.8. The number of methoxy groups -OCH3 is 1. The molecule has 0 bridgehead atoms. The number of esters is 1. The summed E-state index contributed by atoms with van der Waals surface area (Å²) in [5.74, 6) is 0.549. The SMILES string of the molecule is COC(=O)Cc1c[nH]c2cc(OCc3ccccc3)ccc12. The van der Waals surface area contributed by atoms with Gasteiger partial charge in [0, 0.05) is 23.2 Å². The molecule has 1 N–H and O–H groups in total. The van der Waals surface area contributed by atoms with E-state index in [0.29, 0.717) is 6.61 Å². The van der Waals surface area contributed by atoms with Crippen molar-refractivity contribution in [3.63, 3.8) is 0 Å². The number of nitrogens with one attached hydrogen (secondary N) is 1. The lowest BCUT2D eigenvalue weighted by Crippen LogP contribution is -2.03. The first-order chi connectivity index (χ1) is 10.8. The minimum Gasteiger partial charge on any atom is -0.489 e. The molecule has 3 aromatic rings. The Hall–Kier alpha value is -2.75. The Morgan fingerprint density at radius 3 is 2.73 bits per heavy atom. The van der Waals surface area contributed by atoms with Gasteiger partial charge in [-0.1, -0.05) is 30.3 Å². The van der Waals surface area contributed by atoms with Crippen molar-refractivity contribution in [1.82, 2.24) is 4.98 Å². The summed E-state index contributed by atoms with van der Waals surface area (Å²) in [5.41, 5.74) is 3.00. The number of aromatic amines is 1. The standard InChI is InChI=1S/C18H17NO3/c1-21-18(20)9-14-11-19-17-10-15(7-8-16(14)17)22-12-13-5-3-2-4-6-13/h2-8,10-11,19H,9,12H2,1H3. The van der Waals surface area contributed by atoms with Crippen molar-refractivity contribution >= 4 is 16.9 Å². The highest BCUT2D eigenvalue weighted by Gasteiger charge is 2.09. The Labute approximate surface area is 128 Å². The molecule has 0 unspecified atom stereocenters. The Kier molecular flexibility index (Phi) is 4.10. The van der Waals surface area contributed by atoms with Crippen molar-refractivity contribution in [3.05, 3.63) is 65.9 Å². The van der Waals surface area contributed by atoms with Crippen molar-refractivity contribution in [2.75, 3.05) is 7.11 Å². The third kappa shape index (κ3) is 3.11. The maximum Gasteiger partial charge on any atom is 0.310 e. The fraction of sp³-hybridized carbons (Fsp3) is 0.167. The fourth-order valence-corrected chi connectivity index (χ4v) is 2.37. The molecule has 0 spiro atoms. The molecule has 0 aliphatic heterocycles. The summed E-state index contributed by atoms with van der Waals surface area (Å²) >= 11 is 0. The van der Waals surface area contributed by atoms with Crippen molar-refractivity contribution in [1.29, 1.82) is 0 Å². The molecule has 0 amide bonds. The van der Waals surface area contributed by atoms with Crippen LogP contribution in [0.1, 0.15) is 11.1 Å². The van der Waals surface area contributed by atoms with Crippen LogP contribution in [-0.2, 0) is 22.6 Å². The van der Waals surface area contributed by atoms with Gasteiger partial charge in [0.25, 0.3) is 0 Å². The van der Waals surface area contributed by atoms with Gasteiger partial charge in [0.1, 0.15) is 12.4 Å². The first-order valence-corrected chi connectivity index (χ1v) is 7.10. The number of aromatic nitrogens is 1. The molecular weight excluding hydrogens is 278 g/mol. The van der Waals surface area contributed by atoms with Gasteiger partial charge in [-0.2, -0.15) is 0 Å². The molecule has 0 aliphatic rings. The molecule has 4 nitrogen and oxygen atoms in total. The average molecular weight is 295 g/mol. The van der Waals surface area contributed by atoms with E-state index in [-0.39, 0.29) is 12.4 Å². The summed E-state index contributed by atoms with van der Waals surface area (Å²) in [6.07, 6.45) is 2.10. The van der Waals surface area contributed by atoms with E-state index in [0.717, 1.165) is 27.8 Å². The van der Waals surface area contributed by atoms with Gasteiger partial charge in [-0.3, -0.25) is 4.79 Å². The van der Waals surface area contributed by atoms with E-state index >= 15 is 0 Å². The largest absolute Gasteiger partial charge is 0.489 e. The molecule has 4 heteroatoms. The van der Waals surface area contributed by atoms with Crippen LogP contribution in [0.2, 0.25) is 0 Å². The number of ether oxygens (including phenoxy) is 2. The number of hydrogen-bond donors (Lipinski definition) is 1. The van der Waals surface area contributed by atoms with Crippen LogP contribution < -0.4 is 4.74 Å². The number of carbonyl (C=O) groups excluding carboxylic acids is 1. The highest BCUT2D eigenvalue weighted by molar-refractivity contribution is 5.88. The molecular formula is C18H17NO3. The smallest absolute Gasteiger partial charge is 0.310 e. The van der Waals surface area contributed by atoms with Gasteiger partial charge in [-0.15, -0.1) is 0 Å². The van der Waals surface area contributed by atoms with Gasteiger partial charge < -0.3 is 14.5 Å². The first kappa shape index (κ1) is 14.2. The lowest BCUT2D eigenvalue weighted by atomic mass is 10.1. The van der Waals surface area contributed by atoms with Crippen molar-refractivity contribution in [2.24, 2.45) is 0 Å². The topological polar surface area (TPSA) is 51.3 Å². The quantitative estimate of drug-likeness (QED) is 0.733. The van der Waals surface area contributed by atoms with E-state index in [2.05, 4.69) is 4.98 Å². The van der Waals surface area contributed by atoms with E-state index in [4.69, 9.17) is 9.47 Å². The molecule has 1 heterocycles. The van der Waals surface area contributed by atoms with E-state index in [1.54, 1.807) is 0 Å². The molecule has 1 aromatic heterocycles. The lowest BCUT2D eigenvalue weighted by molar-refractivity contribution is -0.139. The first-order valence-electron chi connectivity index (χ1n) is 7.10. The van der Waals surface area contributed by atoms with Crippen LogP contribution in [0.4, 0.5) is 0 Å². The van der Waals surface area contributed by atoms with E-state index in [1.165, 1.54) is 7.11 Å². The molecule has 22 heavy (non-hydrogen) atoms. The third-order valence-electron chi connectivity index (χ3n) is 3.55. The summed E-state index contributed by atoms with van der Waals surface area (Å²) in [4.78, 5) is 14.6.